The van der Waals surface area contributed by atoms with Crippen LogP contribution in [0.2, 0.25) is 0 Å². The van der Waals surface area contributed by atoms with E-state index in [-0.39, 0.29) is 17.4 Å². The van der Waals surface area contributed by atoms with Crippen molar-refractivity contribution in [3.63, 3.8) is 0 Å². The summed E-state index contributed by atoms with van der Waals surface area (Å²) in [5.74, 6) is -0.196. The van der Waals surface area contributed by atoms with E-state index in [1.54, 1.807) is 0 Å². The van der Waals surface area contributed by atoms with Crippen molar-refractivity contribution in [2.24, 2.45) is 16.8 Å². The first-order valence-electron chi connectivity index (χ1n) is 5.72. The Bertz CT molecular complexity index is 481. The van der Waals surface area contributed by atoms with Gasteiger partial charge in [0, 0.05) is 0 Å². The van der Waals surface area contributed by atoms with Gasteiger partial charge in [-0.3, -0.25) is 14.9 Å². The second-order valence-electron chi connectivity index (χ2n) is 4.40. The van der Waals surface area contributed by atoms with Gasteiger partial charge in [-0.25, -0.2) is 5.43 Å². The van der Waals surface area contributed by atoms with Crippen LogP contribution in [0.15, 0.2) is 21.8 Å². The second-order valence-corrected chi connectivity index (χ2v) is 4.40. The zero-order valence-electron chi connectivity index (χ0n) is 10.7. The highest BCUT2D eigenvalue weighted by atomic mass is 16.6. The molecule has 1 atom stereocenters. The first kappa shape index (κ1) is 14.8. The molecule has 3 N–H and O–H groups in total. The highest BCUT2D eigenvalue weighted by molar-refractivity contribution is 5.85. The lowest BCUT2D eigenvalue weighted by atomic mass is 10.0. The van der Waals surface area contributed by atoms with E-state index in [9.17, 15) is 14.9 Å². The third-order valence-corrected chi connectivity index (χ3v) is 2.29. The second kappa shape index (κ2) is 6.64. The van der Waals surface area contributed by atoms with E-state index in [1.165, 1.54) is 12.3 Å². The molecule has 1 aromatic heterocycles. The molecule has 0 aliphatic rings. The minimum atomic E-state index is -0.663. The van der Waals surface area contributed by atoms with Crippen molar-refractivity contribution in [1.29, 1.82) is 0 Å². The van der Waals surface area contributed by atoms with Crippen LogP contribution < -0.4 is 11.2 Å². The highest BCUT2D eigenvalue weighted by Crippen LogP contribution is 2.16. The van der Waals surface area contributed by atoms with Crippen molar-refractivity contribution in [1.82, 2.24) is 5.43 Å². The Hall–Kier alpha value is -2.22. The van der Waals surface area contributed by atoms with E-state index in [1.807, 2.05) is 13.8 Å². The molecule has 1 amide bonds. The molecule has 0 aliphatic carbocycles. The summed E-state index contributed by atoms with van der Waals surface area (Å²) in [5.41, 5.74) is 7.64. The molecule has 0 saturated heterocycles. The average molecular weight is 268 g/mol. The molecule has 1 unspecified atom stereocenters. The fourth-order valence-corrected chi connectivity index (χ4v) is 1.41. The van der Waals surface area contributed by atoms with Gasteiger partial charge in [-0.1, -0.05) is 13.8 Å². The third kappa shape index (κ3) is 4.51. The minimum absolute atomic E-state index is 0.0391. The summed E-state index contributed by atoms with van der Waals surface area (Å²) in [6, 6.07) is 0.539. The monoisotopic (exact) mass is 268 g/mol. The minimum Gasteiger partial charge on any atom is -0.456 e. The molecule has 0 aliphatic heterocycles. The number of nitrogens with two attached hydrogens (primary N) is 1. The Balaban J connectivity index is 2.56. The molecule has 1 aromatic rings. The summed E-state index contributed by atoms with van der Waals surface area (Å²) in [6.45, 7) is 3.89. The molecule has 8 heteroatoms. The van der Waals surface area contributed by atoms with Crippen molar-refractivity contribution in [3.8, 4) is 0 Å². The average Bonchev–Trinajstić information content (AvgIpc) is 2.76. The molecule has 8 nitrogen and oxygen atoms in total. The maximum absolute atomic E-state index is 11.5. The molecule has 0 radical (unpaired) electrons. The number of hydrogen-bond donors (Lipinski definition) is 2. The predicted molar refractivity (Wildman–Crippen MR) is 68.5 cm³/mol. The van der Waals surface area contributed by atoms with Gasteiger partial charge in [-0.2, -0.15) is 5.10 Å². The molecule has 1 rings (SSSR count). The lowest BCUT2D eigenvalue weighted by Crippen LogP contribution is -2.39. The van der Waals surface area contributed by atoms with E-state index < -0.39 is 16.9 Å². The summed E-state index contributed by atoms with van der Waals surface area (Å²) in [6.07, 6.45) is 2.77. The summed E-state index contributed by atoms with van der Waals surface area (Å²) in [4.78, 5) is 21.5. The van der Waals surface area contributed by atoms with Crippen LogP contribution in [0.5, 0.6) is 0 Å². The van der Waals surface area contributed by atoms with Gasteiger partial charge in [0.2, 0.25) is 5.76 Å². The number of rotatable bonds is 6. The lowest BCUT2D eigenvalue weighted by Gasteiger charge is -2.11. The Morgan fingerprint density at radius 1 is 1.68 bits per heavy atom. The van der Waals surface area contributed by atoms with Crippen molar-refractivity contribution >= 4 is 17.8 Å². The van der Waals surface area contributed by atoms with E-state index in [0.29, 0.717) is 6.42 Å². The number of nitro groups is 1. The number of nitrogens with zero attached hydrogens (tertiary/aromatic N) is 2. The van der Waals surface area contributed by atoms with Gasteiger partial charge < -0.3 is 10.2 Å². The maximum Gasteiger partial charge on any atom is 0.316 e. The lowest BCUT2D eigenvalue weighted by molar-refractivity contribution is -0.385. The number of amides is 1. The van der Waals surface area contributed by atoms with Crippen LogP contribution in [-0.4, -0.2) is 23.1 Å². The molecule has 1 heterocycles. The summed E-state index contributed by atoms with van der Waals surface area (Å²) >= 11 is 0. The Morgan fingerprint density at radius 2 is 2.37 bits per heavy atom. The number of carbonyl (C=O) groups excluding carboxylic acids is 1. The highest BCUT2D eigenvalue weighted by Gasteiger charge is 2.16. The van der Waals surface area contributed by atoms with Gasteiger partial charge in [0.15, 0.2) is 0 Å². The Morgan fingerprint density at radius 3 is 2.95 bits per heavy atom. The van der Waals surface area contributed by atoms with Crippen LogP contribution in [0.25, 0.3) is 0 Å². The maximum atomic E-state index is 11.5. The van der Waals surface area contributed by atoms with E-state index in [2.05, 4.69) is 10.5 Å². The van der Waals surface area contributed by atoms with Crippen LogP contribution >= 0.6 is 0 Å². The summed E-state index contributed by atoms with van der Waals surface area (Å²) in [7, 11) is 0. The molecule has 0 spiro atoms. The van der Waals surface area contributed by atoms with Crippen molar-refractivity contribution in [3.05, 3.63) is 28.2 Å². The molecule has 0 bridgehead atoms. The number of hydrazone groups is 1. The van der Waals surface area contributed by atoms with Gasteiger partial charge in [0.25, 0.3) is 5.91 Å². The van der Waals surface area contributed by atoms with Gasteiger partial charge in [0.05, 0.1) is 29.5 Å². The zero-order chi connectivity index (χ0) is 14.4. The fourth-order valence-electron chi connectivity index (χ4n) is 1.41. The normalized spacial score (nSPS) is 12.8. The SMILES string of the molecule is CC(C)CC(N)C(=O)N/N=C/c1occc1[N+](=O)[O-]. The molecule has 0 aromatic carbocycles. The van der Waals surface area contributed by atoms with Gasteiger partial charge >= 0.3 is 5.69 Å². The molecule has 0 fully saturated rings. The summed E-state index contributed by atoms with van der Waals surface area (Å²) in [5, 5.41) is 14.2. The van der Waals surface area contributed by atoms with Gasteiger partial charge in [-0.05, 0) is 12.3 Å². The van der Waals surface area contributed by atoms with Crippen LogP contribution in [0.1, 0.15) is 26.0 Å². The van der Waals surface area contributed by atoms with Crippen LogP contribution in [0, 0.1) is 16.0 Å². The van der Waals surface area contributed by atoms with Gasteiger partial charge in [-0.15, -0.1) is 0 Å². The van der Waals surface area contributed by atoms with Crippen molar-refractivity contribution < 1.29 is 14.1 Å². The van der Waals surface area contributed by atoms with Crippen molar-refractivity contribution in [2.45, 2.75) is 26.3 Å². The molecular weight excluding hydrogens is 252 g/mol. The summed E-state index contributed by atoms with van der Waals surface area (Å²) < 4.78 is 4.86. The smallest absolute Gasteiger partial charge is 0.316 e. The van der Waals surface area contributed by atoms with Crippen LogP contribution in [-0.2, 0) is 4.79 Å². The standard InChI is InChI=1S/C11H16N4O4/c1-7(2)5-8(12)11(16)14-13-6-10-9(15(17)18)3-4-19-10/h3-4,6-8H,5,12H2,1-2H3,(H,14,16)/b13-6+. The largest absolute Gasteiger partial charge is 0.456 e. The number of hydrogen-bond acceptors (Lipinski definition) is 6. The molecule has 104 valence electrons. The van der Waals surface area contributed by atoms with Crippen LogP contribution in [0.3, 0.4) is 0 Å². The van der Waals surface area contributed by atoms with Crippen molar-refractivity contribution in [2.75, 3.05) is 0 Å². The fraction of sp³-hybridized carbons (Fsp3) is 0.455. The first-order chi connectivity index (χ1) is 8.91. The number of furan rings is 1. The zero-order valence-corrected chi connectivity index (χ0v) is 10.7. The third-order valence-electron chi connectivity index (χ3n) is 2.29. The molecule has 0 saturated carbocycles. The number of nitrogens with one attached hydrogen (secondary N) is 1. The Labute approximate surface area is 109 Å². The predicted octanol–water partition coefficient (Wildman–Crippen LogP) is 1.01. The van der Waals surface area contributed by atoms with E-state index in [4.69, 9.17) is 10.2 Å². The Kier molecular flexibility index (Phi) is 5.19. The van der Waals surface area contributed by atoms with E-state index >= 15 is 0 Å². The van der Waals surface area contributed by atoms with Crippen LogP contribution in [0.4, 0.5) is 5.69 Å². The number of carbonyl (C=O) groups is 1. The first-order valence-corrected chi connectivity index (χ1v) is 5.72. The van der Waals surface area contributed by atoms with Gasteiger partial charge in [0.1, 0.15) is 0 Å². The molecule has 19 heavy (non-hydrogen) atoms. The quantitative estimate of drug-likeness (QED) is 0.452. The van der Waals surface area contributed by atoms with E-state index in [0.717, 1.165) is 6.21 Å². The molecular formula is C11H16N4O4. The topological polar surface area (TPSA) is 124 Å².